The molecule has 2 atom stereocenters. The summed E-state index contributed by atoms with van der Waals surface area (Å²) in [6, 6.07) is 13.8. The molecule has 1 saturated carbocycles. The van der Waals surface area contributed by atoms with Gasteiger partial charge >= 0.3 is 6.09 Å². The maximum absolute atomic E-state index is 13.7. The summed E-state index contributed by atoms with van der Waals surface area (Å²) in [5.41, 5.74) is 0.539. The van der Waals surface area contributed by atoms with Gasteiger partial charge in [-0.1, -0.05) is 48.5 Å². The maximum atomic E-state index is 13.7. The topological polar surface area (TPSA) is 108 Å². The molecule has 0 heterocycles. The highest BCUT2D eigenvalue weighted by Gasteiger charge is 2.41. The predicted molar refractivity (Wildman–Crippen MR) is 132 cm³/mol. The smallest absolute Gasteiger partial charge is 0.408 e. The first-order chi connectivity index (χ1) is 16.6. The number of para-hydroxylation sites is 1. The first-order valence-electron chi connectivity index (χ1n) is 12.0. The van der Waals surface area contributed by atoms with E-state index in [0.717, 1.165) is 24.8 Å². The fraction of sp³-hybridized carbons (Fsp3) is 0.444. The molecule has 0 aliphatic heterocycles. The van der Waals surface area contributed by atoms with Crippen LogP contribution in [0.2, 0.25) is 0 Å². The molecule has 1 aliphatic rings. The molecular weight excluding hydrogens is 446 g/mol. The number of amides is 3. The van der Waals surface area contributed by atoms with Crippen LogP contribution in [0.5, 0.6) is 5.75 Å². The third-order valence-corrected chi connectivity index (χ3v) is 5.89. The number of alkyl carbamates (subject to hydrolysis) is 1. The minimum Gasteiger partial charge on any atom is -0.508 e. The second-order valence-corrected chi connectivity index (χ2v) is 9.86. The Kier molecular flexibility index (Phi) is 8.38. The Balaban J connectivity index is 1.89. The van der Waals surface area contributed by atoms with Gasteiger partial charge in [0, 0.05) is 18.2 Å². The van der Waals surface area contributed by atoms with Gasteiger partial charge < -0.3 is 25.4 Å². The average Bonchev–Trinajstić information content (AvgIpc) is 2.76. The lowest BCUT2D eigenvalue weighted by Crippen LogP contribution is -2.56. The van der Waals surface area contributed by atoms with Crippen LogP contribution in [0.1, 0.15) is 64.1 Å². The largest absolute Gasteiger partial charge is 0.508 e. The van der Waals surface area contributed by atoms with E-state index in [-0.39, 0.29) is 18.3 Å². The van der Waals surface area contributed by atoms with Gasteiger partial charge in [0.1, 0.15) is 23.4 Å². The number of nitrogens with one attached hydrogen (secondary N) is 2. The van der Waals surface area contributed by atoms with Crippen molar-refractivity contribution in [3.8, 4) is 5.75 Å². The lowest BCUT2D eigenvalue weighted by molar-refractivity contribution is -0.147. The highest BCUT2D eigenvalue weighted by molar-refractivity contribution is 5.92. The van der Waals surface area contributed by atoms with Gasteiger partial charge in [-0.3, -0.25) is 9.59 Å². The molecule has 3 rings (SSSR count). The molecular formula is C27H35N3O5. The van der Waals surface area contributed by atoms with E-state index >= 15 is 0 Å². The molecule has 2 unspecified atom stereocenters. The van der Waals surface area contributed by atoms with Crippen molar-refractivity contribution in [2.24, 2.45) is 0 Å². The van der Waals surface area contributed by atoms with E-state index in [1.165, 1.54) is 11.0 Å². The number of rotatable bonds is 8. The molecule has 0 bridgehead atoms. The normalized spacial score (nSPS) is 15.3. The standard InChI is InChI=1S/C27H35N3O5/c1-18(29-26(34)35-27(2,3)4)25(33)30(20-13-10-14-20)23(21-15-8-9-16-22(21)31)24(32)28-17-19-11-6-5-7-12-19/h5-9,11-12,15-16,18,20,23,31H,10,13-14,17H2,1-4H3,(H,28,32)(H,29,34). The summed E-state index contributed by atoms with van der Waals surface area (Å²) in [5.74, 6) is -0.888. The van der Waals surface area contributed by atoms with Gasteiger partial charge in [-0.25, -0.2) is 4.79 Å². The van der Waals surface area contributed by atoms with E-state index in [4.69, 9.17) is 4.74 Å². The van der Waals surface area contributed by atoms with E-state index < -0.39 is 35.6 Å². The van der Waals surface area contributed by atoms with Crippen molar-refractivity contribution in [1.82, 2.24) is 15.5 Å². The van der Waals surface area contributed by atoms with Crippen molar-refractivity contribution in [2.75, 3.05) is 0 Å². The number of carbonyl (C=O) groups excluding carboxylic acids is 3. The molecule has 188 valence electrons. The summed E-state index contributed by atoms with van der Waals surface area (Å²) in [4.78, 5) is 41.1. The Morgan fingerprint density at radius 1 is 1.06 bits per heavy atom. The van der Waals surface area contributed by atoms with Gasteiger partial charge in [0.05, 0.1) is 0 Å². The number of hydrogen-bond donors (Lipinski definition) is 3. The monoisotopic (exact) mass is 481 g/mol. The highest BCUT2D eigenvalue weighted by Crippen LogP contribution is 2.36. The number of benzene rings is 2. The molecule has 2 aromatic rings. The van der Waals surface area contributed by atoms with Crippen LogP contribution >= 0.6 is 0 Å². The van der Waals surface area contributed by atoms with Crippen LogP contribution in [0.25, 0.3) is 0 Å². The van der Waals surface area contributed by atoms with E-state index in [2.05, 4.69) is 10.6 Å². The summed E-state index contributed by atoms with van der Waals surface area (Å²) >= 11 is 0. The molecule has 35 heavy (non-hydrogen) atoms. The average molecular weight is 482 g/mol. The fourth-order valence-electron chi connectivity index (χ4n) is 3.97. The van der Waals surface area contributed by atoms with E-state index in [0.29, 0.717) is 5.56 Å². The molecule has 0 radical (unpaired) electrons. The van der Waals surface area contributed by atoms with Crippen LogP contribution < -0.4 is 10.6 Å². The van der Waals surface area contributed by atoms with Gasteiger partial charge in [-0.2, -0.15) is 0 Å². The molecule has 0 spiro atoms. The summed E-state index contributed by atoms with van der Waals surface area (Å²) in [6.45, 7) is 7.07. The molecule has 8 nitrogen and oxygen atoms in total. The highest BCUT2D eigenvalue weighted by atomic mass is 16.6. The Labute approximate surface area is 206 Å². The Morgan fingerprint density at radius 3 is 2.26 bits per heavy atom. The van der Waals surface area contributed by atoms with Crippen molar-refractivity contribution in [3.05, 3.63) is 65.7 Å². The number of phenolic OH excluding ortho intramolecular Hbond substituents is 1. The zero-order valence-electron chi connectivity index (χ0n) is 20.8. The summed E-state index contributed by atoms with van der Waals surface area (Å²) in [5, 5.41) is 16.1. The van der Waals surface area contributed by atoms with Crippen LogP contribution in [0.15, 0.2) is 54.6 Å². The second kappa shape index (κ2) is 11.3. The minimum atomic E-state index is -1.06. The first kappa shape index (κ1) is 26.1. The molecule has 8 heteroatoms. The van der Waals surface area contributed by atoms with E-state index in [1.54, 1.807) is 45.9 Å². The number of phenols is 1. The molecule has 3 N–H and O–H groups in total. The number of hydrogen-bond acceptors (Lipinski definition) is 5. The van der Waals surface area contributed by atoms with E-state index in [9.17, 15) is 19.5 Å². The molecule has 0 aromatic heterocycles. The maximum Gasteiger partial charge on any atom is 0.408 e. The van der Waals surface area contributed by atoms with Gasteiger partial charge in [0.25, 0.3) is 0 Å². The number of nitrogens with zero attached hydrogens (tertiary/aromatic N) is 1. The quantitative estimate of drug-likeness (QED) is 0.527. The first-order valence-corrected chi connectivity index (χ1v) is 12.0. The van der Waals surface area contributed by atoms with Crippen molar-refractivity contribution >= 4 is 17.9 Å². The van der Waals surface area contributed by atoms with Crippen LogP contribution in [0.3, 0.4) is 0 Å². The molecule has 3 amide bonds. The second-order valence-electron chi connectivity index (χ2n) is 9.86. The number of aromatic hydroxyl groups is 1. The van der Waals surface area contributed by atoms with Crippen LogP contribution in [0, 0.1) is 0 Å². The summed E-state index contributed by atoms with van der Waals surface area (Å²) in [7, 11) is 0. The van der Waals surface area contributed by atoms with Crippen molar-refractivity contribution in [2.45, 2.75) is 77.2 Å². The fourth-order valence-corrected chi connectivity index (χ4v) is 3.97. The lowest BCUT2D eigenvalue weighted by Gasteiger charge is -2.43. The van der Waals surface area contributed by atoms with Gasteiger partial charge in [-0.15, -0.1) is 0 Å². The zero-order valence-corrected chi connectivity index (χ0v) is 20.8. The minimum absolute atomic E-state index is 0.0720. The van der Waals surface area contributed by atoms with Crippen LogP contribution in [-0.4, -0.2) is 45.6 Å². The van der Waals surface area contributed by atoms with Crippen LogP contribution in [-0.2, 0) is 20.9 Å². The van der Waals surface area contributed by atoms with Crippen molar-refractivity contribution in [3.63, 3.8) is 0 Å². The van der Waals surface area contributed by atoms with Gasteiger partial charge in [0.2, 0.25) is 11.8 Å². The van der Waals surface area contributed by atoms with Crippen molar-refractivity contribution in [1.29, 1.82) is 0 Å². The number of carbonyl (C=O) groups is 3. The SMILES string of the molecule is CC(NC(=O)OC(C)(C)C)C(=O)N(C1CCC1)C(C(=O)NCc1ccccc1)c1ccccc1O. The Hall–Kier alpha value is -3.55. The van der Waals surface area contributed by atoms with Crippen molar-refractivity contribution < 1.29 is 24.2 Å². The Morgan fingerprint density at radius 2 is 1.69 bits per heavy atom. The third-order valence-electron chi connectivity index (χ3n) is 5.89. The van der Waals surface area contributed by atoms with Gasteiger partial charge in [-0.05, 0) is 58.6 Å². The molecule has 1 aliphatic carbocycles. The van der Waals surface area contributed by atoms with E-state index in [1.807, 2.05) is 30.3 Å². The number of ether oxygens (including phenoxy) is 1. The molecule has 2 aromatic carbocycles. The third kappa shape index (κ3) is 6.97. The molecule has 0 saturated heterocycles. The zero-order chi connectivity index (χ0) is 25.6. The van der Waals surface area contributed by atoms with Crippen LogP contribution in [0.4, 0.5) is 4.79 Å². The van der Waals surface area contributed by atoms with Gasteiger partial charge in [0.15, 0.2) is 0 Å². The summed E-state index contributed by atoms with van der Waals surface area (Å²) in [6.07, 6.45) is 1.70. The lowest BCUT2D eigenvalue weighted by atomic mass is 9.88. The molecule has 1 fully saturated rings. The summed E-state index contributed by atoms with van der Waals surface area (Å²) < 4.78 is 5.30. The predicted octanol–water partition coefficient (Wildman–Crippen LogP) is 4.04. The Bertz CT molecular complexity index is 1030.